The van der Waals surface area contributed by atoms with Gasteiger partial charge in [-0.05, 0) is 12.8 Å². The maximum Gasteiger partial charge on any atom is 0.268 e. The second kappa shape index (κ2) is 5.01. The molecule has 2 amide bonds. The first-order valence-electron chi connectivity index (χ1n) is 6.11. The molecule has 0 bridgehead atoms. The Kier molecular flexibility index (Phi) is 3.63. The third kappa shape index (κ3) is 2.42. The Labute approximate surface area is 100 Å². The Morgan fingerprint density at radius 2 is 2.18 bits per heavy atom. The van der Waals surface area contributed by atoms with E-state index < -0.39 is 11.5 Å². The van der Waals surface area contributed by atoms with E-state index in [2.05, 4.69) is 10.8 Å². The summed E-state index contributed by atoms with van der Waals surface area (Å²) < 4.78 is 0. The van der Waals surface area contributed by atoms with Crippen molar-refractivity contribution >= 4 is 11.8 Å². The Hall–Kier alpha value is -1.14. The van der Waals surface area contributed by atoms with Crippen LogP contribution < -0.4 is 16.5 Å². The monoisotopic (exact) mass is 241 g/mol. The fourth-order valence-electron chi connectivity index (χ4n) is 2.51. The van der Waals surface area contributed by atoms with E-state index in [4.69, 9.17) is 10.6 Å². The van der Waals surface area contributed by atoms with E-state index in [0.717, 1.165) is 32.1 Å². The minimum absolute atomic E-state index is 0.106. The van der Waals surface area contributed by atoms with Gasteiger partial charge in [-0.2, -0.15) is 0 Å². The zero-order chi connectivity index (χ0) is 12.3. The van der Waals surface area contributed by atoms with Gasteiger partial charge in [-0.15, -0.1) is 0 Å². The quantitative estimate of drug-likeness (QED) is 0.617. The highest BCUT2D eigenvalue weighted by Crippen LogP contribution is 2.35. The summed E-state index contributed by atoms with van der Waals surface area (Å²) in [5, 5.41) is 2.73. The van der Waals surface area contributed by atoms with Crippen molar-refractivity contribution in [1.82, 2.24) is 10.8 Å². The number of nitrogens with two attached hydrogens (primary N) is 1. The fourth-order valence-corrected chi connectivity index (χ4v) is 2.51. The number of hydrogen-bond donors (Lipinski definition) is 3. The van der Waals surface area contributed by atoms with E-state index in [9.17, 15) is 9.59 Å². The molecule has 96 valence electrons. The van der Waals surface area contributed by atoms with E-state index in [1.807, 2.05) is 0 Å². The zero-order valence-corrected chi connectivity index (χ0v) is 9.83. The van der Waals surface area contributed by atoms with Gasteiger partial charge in [0.25, 0.3) is 5.91 Å². The van der Waals surface area contributed by atoms with Gasteiger partial charge in [-0.25, -0.2) is 5.48 Å². The molecule has 1 saturated carbocycles. The second-order valence-electron chi connectivity index (χ2n) is 4.85. The van der Waals surface area contributed by atoms with Crippen LogP contribution in [0.2, 0.25) is 0 Å². The van der Waals surface area contributed by atoms with Crippen LogP contribution in [0.15, 0.2) is 0 Å². The first kappa shape index (κ1) is 12.3. The van der Waals surface area contributed by atoms with Crippen LogP contribution in [0.5, 0.6) is 0 Å². The van der Waals surface area contributed by atoms with Crippen LogP contribution in [0.4, 0.5) is 0 Å². The van der Waals surface area contributed by atoms with Crippen molar-refractivity contribution in [1.29, 1.82) is 0 Å². The topological polar surface area (TPSA) is 93.5 Å². The normalized spacial score (nSPS) is 27.6. The minimum Gasteiger partial charge on any atom is -0.342 e. The number of amides is 2. The molecule has 0 aromatic carbocycles. The SMILES string of the molecule is NCC1(C(=O)N[C@@H]2CONC2=O)CCCCC1. The van der Waals surface area contributed by atoms with Crippen molar-refractivity contribution in [2.75, 3.05) is 13.2 Å². The van der Waals surface area contributed by atoms with Crippen molar-refractivity contribution < 1.29 is 14.4 Å². The van der Waals surface area contributed by atoms with Gasteiger partial charge < -0.3 is 11.1 Å². The summed E-state index contributed by atoms with van der Waals surface area (Å²) in [7, 11) is 0. The van der Waals surface area contributed by atoms with Gasteiger partial charge in [0.05, 0.1) is 5.41 Å². The summed E-state index contributed by atoms with van der Waals surface area (Å²) in [6.07, 6.45) is 4.83. The molecule has 1 heterocycles. The van der Waals surface area contributed by atoms with Crippen LogP contribution in [0.3, 0.4) is 0 Å². The summed E-state index contributed by atoms with van der Waals surface area (Å²) in [6, 6.07) is -0.576. The summed E-state index contributed by atoms with van der Waals surface area (Å²) in [6.45, 7) is 0.527. The van der Waals surface area contributed by atoms with Crippen LogP contribution >= 0.6 is 0 Å². The highest BCUT2D eigenvalue weighted by atomic mass is 16.7. The minimum atomic E-state index is -0.576. The molecule has 2 fully saturated rings. The summed E-state index contributed by atoms with van der Waals surface area (Å²) >= 11 is 0. The molecule has 2 rings (SSSR count). The first-order valence-corrected chi connectivity index (χ1v) is 6.11. The molecule has 1 saturated heterocycles. The molecular weight excluding hydrogens is 222 g/mol. The molecule has 6 nitrogen and oxygen atoms in total. The molecule has 1 aliphatic heterocycles. The maximum atomic E-state index is 12.2. The molecule has 4 N–H and O–H groups in total. The van der Waals surface area contributed by atoms with Crippen molar-refractivity contribution in [2.24, 2.45) is 11.1 Å². The van der Waals surface area contributed by atoms with E-state index in [-0.39, 0.29) is 18.4 Å². The molecule has 17 heavy (non-hydrogen) atoms. The van der Waals surface area contributed by atoms with Crippen LogP contribution in [0.1, 0.15) is 32.1 Å². The van der Waals surface area contributed by atoms with E-state index in [0.29, 0.717) is 6.54 Å². The van der Waals surface area contributed by atoms with Crippen LogP contribution in [0, 0.1) is 5.41 Å². The van der Waals surface area contributed by atoms with Crippen molar-refractivity contribution in [3.63, 3.8) is 0 Å². The molecule has 0 spiro atoms. The smallest absolute Gasteiger partial charge is 0.268 e. The Balaban J connectivity index is 1.99. The maximum absolute atomic E-state index is 12.2. The molecule has 2 aliphatic rings. The lowest BCUT2D eigenvalue weighted by atomic mass is 9.73. The molecule has 0 unspecified atom stereocenters. The van der Waals surface area contributed by atoms with Crippen molar-refractivity contribution in [3.8, 4) is 0 Å². The Morgan fingerprint density at radius 3 is 2.71 bits per heavy atom. The third-order valence-electron chi connectivity index (χ3n) is 3.73. The number of carbonyl (C=O) groups excluding carboxylic acids is 2. The number of rotatable bonds is 3. The van der Waals surface area contributed by atoms with Crippen molar-refractivity contribution in [3.05, 3.63) is 0 Å². The van der Waals surface area contributed by atoms with E-state index in [1.165, 1.54) is 0 Å². The predicted octanol–water partition coefficient (Wildman–Crippen LogP) is -0.558. The predicted molar refractivity (Wildman–Crippen MR) is 60.6 cm³/mol. The Bertz CT molecular complexity index is 313. The van der Waals surface area contributed by atoms with Gasteiger partial charge in [0, 0.05) is 6.54 Å². The molecule has 1 atom stereocenters. The first-order chi connectivity index (χ1) is 8.18. The summed E-state index contributed by atoms with van der Waals surface area (Å²) in [5.74, 6) is -0.397. The molecular formula is C11H19N3O3. The number of nitrogens with one attached hydrogen (secondary N) is 2. The zero-order valence-electron chi connectivity index (χ0n) is 9.83. The van der Waals surface area contributed by atoms with Gasteiger partial charge in [0.15, 0.2) is 0 Å². The average Bonchev–Trinajstić information content (AvgIpc) is 2.76. The highest BCUT2D eigenvalue weighted by Gasteiger charge is 2.40. The van der Waals surface area contributed by atoms with Crippen LogP contribution in [0.25, 0.3) is 0 Å². The molecule has 6 heteroatoms. The van der Waals surface area contributed by atoms with E-state index in [1.54, 1.807) is 0 Å². The molecule has 1 aliphatic carbocycles. The van der Waals surface area contributed by atoms with Gasteiger partial charge in [0.1, 0.15) is 12.6 Å². The third-order valence-corrected chi connectivity index (χ3v) is 3.73. The standard InChI is InChI=1S/C11H19N3O3/c12-7-11(4-2-1-3-5-11)10(16)13-8-6-17-14-9(8)15/h8H,1-7,12H2,(H,13,16)(H,14,15)/t8-/m1/s1. The molecule has 0 radical (unpaired) electrons. The lowest BCUT2D eigenvalue weighted by Crippen LogP contribution is -2.52. The van der Waals surface area contributed by atoms with E-state index >= 15 is 0 Å². The lowest BCUT2D eigenvalue weighted by Gasteiger charge is -2.35. The summed E-state index contributed by atoms with van der Waals surface area (Å²) in [4.78, 5) is 28.3. The van der Waals surface area contributed by atoms with Crippen LogP contribution in [-0.4, -0.2) is 31.0 Å². The number of hydrogen-bond acceptors (Lipinski definition) is 4. The van der Waals surface area contributed by atoms with Gasteiger partial charge >= 0.3 is 0 Å². The second-order valence-corrected chi connectivity index (χ2v) is 4.85. The fraction of sp³-hybridized carbons (Fsp3) is 0.818. The average molecular weight is 241 g/mol. The van der Waals surface area contributed by atoms with Gasteiger partial charge in [-0.3, -0.25) is 14.4 Å². The largest absolute Gasteiger partial charge is 0.342 e. The van der Waals surface area contributed by atoms with Gasteiger partial charge in [0.2, 0.25) is 5.91 Å². The number of hydroxylamine groups is 1. The summed E-state index contributed by atoms with van der Waals surface area (Å²) in [5.41, 5.74) is 7.49. The van der Waals surface area contributed by atoms with Crippen LogP contribution in [-0.2, 0) is 14.4 Å². The molecule has 0 aromatic heterocycles. The van der Waals surface area contributed by atoms with Crippen molar-refractivity contribution in [2.45, 2.75) is 38.1 Å². The lowest BCUT2D eigenvalue weighted by molar-refractivity contribution is -0.135. The van der Waals surface area contributed by atoms with Gasteiger partial charge in [-0.1, -0.05) is 19.3 Å². The molecule has 0 aromatic rings. The highest BCUT2D eigenvalue weighted by molar-refractivity contribution is 5.90. The number of carbonyl (C=O) groups is 2. The Morgan fingerprint density at radius 1 is 1.47 bits per heavy atom.